The first-order valence-corrected chi connectivity index (χ1v) is 6.91. The minimum atomic E-state index is -4.36. The van der Waals surface area contributed by atoms with Crippen LogP contribution in [0.5, 0.6) is 0 Å². The summed E-state index contributed by atoms with van der Waals surface area (Å²) < 4.78 is 37.7. The first-order valence-electron chi connectivity index (χ1n) is 6.50. The van der Waals surface area contributed by atoms with Crippen LogP contribution >= 0.6 is 12.2 Å². The van der Waals surface area contributed by atoms with Gasteiger partial charge >= 0.3 is 6.18 Å². The van der Waals surface area contributed by atoms with Crippen LogP contribution in [0, 0.1) is 11.3 Å². The van der Waals surface area contributed by atoms with Crippen LogP contribution in [0.15, 0.2) is 54.1 Å². The van der Waals surface area contributed by atoms with Gasteiger partial charge in [0.1, 0.15) is 11.1 Å². The zero-order valence-electron chi connectivity index (χ0n) is 11.8. The van der Waals surface area contributed by atoms with E-state index in [1.807, 2.05) is 6.07 Å². The number of halogens is 3. The third kappa shape index (κ3) is 4.18. The average Bonchev–Trinajstić information content (AvgIpc) is 2.52. The Morgan fingerprint density at radius 1 is 1.09 bits per heavy atom. The van der Waals surface area contributed by atoms with Crippen LogP contribution in [0.25, 0.3) is 17.2 Å². The molecule has 0 spiro atoms. The van der Waals surface area contributed by atoms with Gasteiger partial charge in [-0.2, -0.15) is 18.4 Å². The molecule has 0 bridgehead atoms. The summed E-state index contributed by atoms with van der Waals surface area (Å²) in [6.45, 7) is 0. The van der Waals surface area contributed by atoms with Gasteiger partial charge in [0, 0.05) is 0 Å². The number of hydrogen-bond donors (Lipinski definition) is 1. The quantitative estimate of drug-likeness (QED) is 0.509. The number of benzene rings is 2. The van der Waals surface area contributed by atoms with Crippen molar-refractivity contribution in [2.45, 2.75) is 6.18 Å². The molecule has 2 N–H and O–H groups in total. The number of hydrogen-bond acceptors (Lipinski definition) is 2. The molecule has 23 heavy (non-hydrogen) atoms. The minimum Gasteiger partial charge on any atom is -0.389 e. The van der Waals surface area contributed by atoms with Crippen molar-refractivity contribution < 1.29 is 13.2 Å². The molecular formula is C17H11F3N2S. The molecule has 0 aromatic heterocycles. The summed E-state index contributed by atoms with van der Waals surface area (Å²) in [6, 6.07) is 13.8. The maximum atomic E-state index is 12.6. The van der Waals surface area contributed by atoms with Crippen molar-refractivity contribution in [3.63, 3.8) is 0 Å². The van der Waals surface area contributed by atoms with Gasteiger partial charge in [0.15, 0.2) is 0 Å². The van der Waals surface area contributed by atoms with Crippen LogP contribution < -0.4 is 5.73 Å². The van der Waals surface area contributed by atoms with E-state index in [1.54, 1.807) is 24.3 Å². The third-order valence-electron chi connectivity index (χ3n) is 3.13. The van der Waals surface area contributed by atoms with Crippen molar-refractivity contribution in [3.05, 3.63) is 65.2 Å². The summed E-state index contributed by atoms with van der Waals surface area (Å²) in [6.07, 6.45) is -2.82. The summed E-state index contributed by atoms with van der Waals surface area (Å²) in [5.41, 5.74) is 6.97. The lowest BCUT2D eigenvalue weighted by molar-refractivity contribution is -0.137. The minimum absolute atomic E-state index is 0.00701. The fourth-order valence-electron chi connectivity index (χ4n) is 1.98. The molecular weight excluding hydrogens is 321 g/mol. The third-order valence-corrected chi connectivity index (χ3v) is 3.35. The number of nitriles is 1. The van der Waals surface area contributed by atoms with E-state index in [-0.39, 0.29) is 10.6 Å². The highest BCUT2D eigenvalue weighted by Crippen LogP contribution is 2.31. The summed E-state index contributed by atoms with van der Waals surface area (Å²) in [7, 11) is 0. The van der Waals surface area contributed by atoms with Crippen LogP contribution in [0.1, 0.15) is 11.1 Å². The molecule has 0 amide bonds. The SMILES string of the molecule is N#CC(=Cc1cccc(-c2ccc(C(F)(F)F)cc2)c1)C(N)=S. The van der Waals surface area contributed by atoms with E-state index in [9.17, 15) is 13.2 Å². The van der Waals surface area contributed by atoms with Crippen LogP contribution in [-0.2, 0) is 6.18 Å². The topological polar surface area (TPSA) is 49.8 Å². The van der Waals surface area contributed by atoms with Crippen LogP contribution in [0.2, 0.25) is 0 Å². The molecule has 2 aromatic rings. The van der Waals surface area contributed by atoms with Crippen molar-refractivity contribution in [2.24, 2.45) is 5.73 Å². The fraction of sp³-hybridized carbons (Fsp3) is 0.0588. The number of alkyl halides is 3. The molecule has 2 aromatic carbocycles. The molecule has 0 saturated heterocycles. The molecule has 0 aliphatic heterocycles. The van der Waals surface area contributed by atoms with E-state index < -0.39 is 11.7 Å². The number of rotatable bonds is 3. The lowest BCUT2D eigenvalue weighted by Gasteiger charge is -2.08. The zero-order valence-corrected chi connectivity index (χ0v) is 12.6. The van der Waals surface area contributed by atoms with Crippen molar-refractivity contribution in [3.8, 4) is 17.2 Å². The van der Waals surface area contributed by atoms with Gasteiger partial charge in [0.25, 0.3) is 0 Å². The molecule has 116 valence electrons. The van der Waals surface area contributed by atoms with E-state index >= 15 is 0 Å². The fourth-order valence-corrected chi connectivity index (χ4v) is 2.09. The van der Waals surface area contributed by atoms with Gasteiger partial charge in [0.05, 0.1) is 11.1 Å². The Bertz CT molecular complexity index is 800. The molecule has 0 fully saturated rings. The molecule has 0 atom stereocenters. The lowest BCUT2D eigenvalue weighted by Crippen LogP contribution is -2.09. The number of nitrogens with two attached hydrogens (primary N) is 1. The number of thiocarbonyl (C=S) groups is 1. The molecule has 0 saturated carbocycles. The average molecular weight is 332 g/mol. The number of nitrogens with zero attached hydrogens (tertiary/aromatic N) is 1. The Morgan fingerprint density at radius 2 is 1.74 bits per heavy atom. The summed E-state index contributed by atoms with van der Waals surface area (Å²) in [5, 5.41) is 8.96. The Labute approximate surface area is 136 Å². The van der Waals surface area contributed by atoms with Crippen LogP contribution in [0.4, 0.5) is 13.2 Å². The van der Waals surface area contributed by atoms with E-state index in [2.05, 4.69) is 0 Å². The van der Waals surface area contributed by atoms with Crippen molar-refractivity contribution in [1.82, 2.24) is 0 Å². The summed E-state index contributed by atoms with van der Waals surface area (Å²) >= 11 is 4.77. The normalized spacial score (nSPS) is 11.8. The van der Waals surface area contributed by atoms with Crippen molar-refractivity contribution >= 4 is 23.3 Å². The highest BCUT2D eigenvalue weighted by molar-refractivity contribution is 7.80. The van der Waals surface area contributed by atoms with Crippen molar-refractivity contribution in [2.75, 3.05) is 0 Å². The van der Waals surface area contributed by atoms with Gasteiger partial charge in [-0.3, -0.25) is 0 Å². The molecule has 0 heterocycles. The summed E-state index contributed by atoms with van der Waals surface area (Å²) in [4.78, 5) is -0.00701. The van der Waals surface area contributed by atoms with Crippen LogP contribution in [-0.4, -0.2) is 4.99 Å². The molecule has 2 rings (SSSR count). The largest absolute Gasteiger partial charge is 0.416 e. The standard InChI is InChI=1S/C17H11F3N2S/c18-17(19,20)15-6-4-12(5-7-15)13-3-1-2-11(8-13)9-14(10-21)16(22)23/h1-9H,(H2,22,23). The van der Waals surface area contributed by atoms with Gasteiger partial charge in [-0.1, -0.05) is 42.5 Å². The highest BCUT2D eigenvalue weighted by Gasteiger charge is 2.29. The predicted octanol–water partition coefficient (Wildman–Crippen LogP) is 4.57. The molecule has 0 radical (unpaired) electrons. The van der Waals surface area contributed by atoms with Crippen LogP contribution in [0.3, 0.4) is 0 Å². The van der Waals surface area contributed by atoms with Gasteiger partial charge in [0.2, 0.25) is 0 Å². The molecule has 2 nitrogen and oxygen atoms in total. The monoisotopic (exact) mass is 332 g/mol. The second-order valence-corrected chi connectivity index (χ2v) is 5.17. The van der Waals surface area contributed by atoms with E-state index in [0.29, 0.717) is 11.1 Å². The second kappa shape index (κ2) is 6.63. The summed E-state index contributed by atoms with van der Waals surface area (Å²) in [5.74, 6) is 0. The first-order chi connectivity index (χ1) is 10.8. The molecule has 0 unspecified atom stereocenters. The molecule has 0 aliphatic rings. The van der Waals surface area contributed by atoms with E-state index in [0.717, 1.165) is 17.7 Å². The van der Waals surface area contributed by atoms with Gasteiger partial charge in [-0.15, -0.1) is 0 Å². The smallest absolute Gasteiger partial charge is 0.389 e. The Morgan fingerprint density at radius 3 is 2.26 bits per heavy atom. The maximum Gasteiger partial charge on any atom is 0.416 e. The second-order valence-electron chi connectivity index (χ2n) is 4.73. The highest BCUT2D eigenvalue weighted by atomic mass is 32.1. The molecule has 6 heteroatoms. The van der Waals surface area contributed by atoms with Gasteiger partial charge in [-0.05, 0) is 41.0 Å². The Hall–Kier alpha value is -2.65. The van der Waals surface area contributed by atoms with Crippen molar-refractivity contribution in [1.29, 1.82) is 5.26 Å². The van der Waals surface area contributed by atoms with E-state index in [1.165, 1.54) is 18.2 Å². The Balaban J connectivity index is 2.37. The Kier molecular flexibility index (Phi) is 4.82. The zero-order chi connectivity index (χ0) is 17.0. The van der Waals surface area contributed by atoms with E-state index in [4.69, 9.17) is 23.2 Å². The maximum absolute atomic E-state index is 12.6. The predicted molar refractivity (Wildman–Crippen MR) is 87.3 cm³/mol. The van der Waals surface area contributed by atoms with Gasteiger partial charge in [-0.25, -0.2) is 0 Å². The molecule has 0 aliphatic carbocycles. The first kappa shape index (κ1) is 16.7. The van der Waals surface area contributed by atoms with Gasteiger partial charge < -0.3 is 5.73 Å². The lowest BCUT2D eigenvalue weighted by atomic mass is 10.0.